The minimum Gasteiger partial charge on any atom is -0.452 e. The van der Waals surface area contributed by atoms with Gasteiger partial charge in [-0.1, -0.05) is 19.3 Å². The maximum Gasteiger partial charge on any atom is 0.341 e. The quantitative estimate of drug-likeness (QED) is 0.796. The number of nitrogens with one attached hydrogen (secondary N) is 1. The fraction of sp³-hybridized carbons (Fsp3) is 0.650. The number of likely N-dealkylation sites (tertiary alicyclic amines) is 1. The molecule has 148 valence electrons. The fourth-order valence-electron chi connectivity index (χ4n) is 4.24. The Morgan fingerprint density at radius 1 is 1.15 bits per heavy atom. The molecule has 1 saturated heterocycles. The van der Waals surface area contributed by atoms with Crippen molar-refractivity contribution in [2.75, 3.05) is 25.0 Å². The highest BCUT2D eigenvalue weighted by atomic mass is 32.1. The number of carbonyl (C=O) groups excluding carboxylic acids is 3. The average molecular weight is 393 g/mol. The molecule has 0 aromatic carbocycles. The summed E-state index contributed by atoms with van der Waals surface area (Å²) in [6.07, 6.45) is 6.09. The van der Waals surface area contributed by atoms with E-state index >= 15 is 0 Å². The van der Waals surface area contributed by atoms with Gasteiger partial charge in [-0.25, -0.2) is 4.79 Å². The summed E-state index contributed by atoms with van der Waals surface area (Å²) in [6, 6.07) is 0. The Balaban J connectivity index is 1.59. The van der Waals surface area contributed by atoms with Crippen molar-refractivity contribution in [3.8, 4) is 0 Å². The van der Waals surface area contributed by atoms with Crippen molar-refractivity contribution in [1.29, 1.82) is 0 Å². The number of nitrogens with zero attached hydrogens (tertiary/aromatic N) is 1. The molecule has 2 heterocycles. The van der Waals surface area contributed by atoms with Gasteiger partial charge in [-0.05, 0) is 44.1 Å². The topological polar surface area (TPSA) is 75.7 Å². The Kier molecular flexibility index (Phi) is 6.19. The van der Waals surface area contributed by atoms with Gasteiger partial charge in [-0.15, -0.1) is 11.3 Å². The Labute approximate surface area is 164 Å². The van der Waals surface area contributed by atoms with E-state index in [-0.39, 0.29) is 18.4 Å². The SMILES string of the molecule is CC(=O)Nc1sc(C)c(C)c1C(=O)OCC(=O)N1CC[C@@H]2CCCC[C@@H]2C1. The smallest absolute Gasteiger partial charge is 0.341 e. The van der Waals surface area contributed by atoms with Crippen LogP contribution in [0.15, 0.2) is 0 Å². The Morgan fingerprint density at radius 2 is 1.85 bits per heavy atom. The molecule has 1 N–H and O–H groups in total. The van der Waals surface area contributed by atoms with E-state index in [1.807, 2.05) is 18.7 Å². The summed E-state index contributed by atoms with van der Waals surface area (Å²) in [7, 11) is 0. The first-order chi connectivity index (χ1) is 12.9. The molecular weight excluding hydrogens is 364 g/mol. The second kappa shape index (κ2) is 8.42. The van der Waals surface area contributed by atoms with Gasteiger partial charge < -0.3 is 15.0 Å². The van der Waals surface area contributed by atoms with E-state index in [4.69, 9.17) is 4.74 Å². The van der Waals surface area contributed by atoms with Crippen LogP contribution in [0.5, 0.6) is 0 Å². The van der Waals surface area contributed by atoms with Crippen LogP contribution in [0.2, 0.25) is 0 Å². The molecule has 6 nitrogen and oxygen atoms in total. The first kappa shape index (κ1) is 19.9. The Hall–Kier alpha value is -1.89. The third-order valence-electron chi connectivity index (χ3n) is 5.85. The van der Waals surface area contributed by atoms with Gasteiger partial charge in [0.2, 0.25) is 5.91 Å². The summed E-state index contributed by atoms with van der Waals surface area (Å²) in [5.74, 6) is 0.429. The Bertz CT molecular complexity index is 743. The predicted octanol–water partition coefficient (Wildman–Crippen LogP) is 3.52. The minimum atomic E-state index is -0.554. The molecule has 27 heavy (non-hydrogen) atoms. The molecule has 1 aliphatic heterocycles. The number of fused-ring (bicyclic) bond motifs is 1. The van der Waals surface area contributed by atoms with E-state index in [0.717, 1.165) is 35.9 Å². The number of aryl methyl sites for hydroxylation is 1. The lowest BCUT2D eigenvalue weighted by molar-refractivity contribution is -0.137. The molecule has 3 rings (SSSR count). The normalized spacial score (nSPS) is 22.1. The molecule has 1 aliphatic carbocycles. The number of esters is 1. The highest BCUT2D eigenvalue weighted by Crippen LogP contribution is 2.36. The molecule has 2 fully saturated rings. The lowest BCUT2D eigenvalue weighted by Gasteiger charge is -2.41. The summed E-state index contributed by atoms with van der Waals surface area (Å²) in [5.41, 5.74) is 1.13. The number of piperidine rings is 1. The van der Waals surface area contributed by atoms with Crippen LogP contribution in [-0.2, 0) is 14.3 Å². The zero-order valence-corrected chi connectivity index (χ0v) is 17.1. The second-order valence-electron chi connectivity index (χ2n) is 7.68. The van der Waals surface area contributed by atoms with Crippen molar-refractivity contribution in [1.82, 2.24) is 4.90 Å². The number of amides is 2. The van der Waals surface area contributed by atoms with Crippen LogP contribution >= 0.6 is 11.3 Å². The molecule has 2 amide bonds. The van der Waals surface area contributed by atoms with Gasteiger partial charge in [0.05, 0.1) is 5.56 Å². The molecule has 2 atom stereocenters. The number of thiophene rings is 1. The van der Waals surface area contributed by atoms with Crippen LogP contribution in [0.25, 0.3) is 0 Å². The standard InChI is InChI=1S/C20H28N2O4S/c1-12-13(2)27-19(21-14(3)23)18(12)20(25)26-11-17(24)22-9-8-15-6-4-5-7-16(15)10-22/h15-16H,4-11H2,1-3H3,(H,21,23)/t15-,16+/m0/s1. The van der Waals surface area contributed by atoms with E-state index < -0.39 is 5.97 Å². The van der Waals surface area contributed by atoms with Crippen LogP contribution in [0, 0.1) is 25.7 Å². The summed E-state index contributed by atoms with van der Waals surface area (Å²) in [4.78, 5) is 39.3. The number of carbonyl (C=O) groups is 3. The Morgan fingerprint density at radius 3 is 2.56 bits per heavy atom. The highest BCUT2D eigenvalue weighted by molar-refractivity contribution is 7.16. The number of hydrogen-bond acceptors (Lipinski definition) is 5. The first-order valence-electron chi connectivity index (χ1n) is 9.69. The molecular formula is C20H28N2O4S. The predicted molar refractivity (Wildman–Crippen MR) is 105 cm³/mol. The first-order valence-corrected chi connectivity index (χ1v) is 10.5. The molecule has 1 saturated carbocycles. The second-order valence-corrected chi connectivity index (χ2v) is 8.90. The number of rotatable bonds is 4. The number of ether oxygens (including phenoxy) is 1. The molecule has 2 aliphatic rings. The maximum atomic E-state index is 12.6. The summed E-state index contributed by atoms with van der Waals surface area (Å²) in [5, 5.41) is 3.17. The van der Waals surface area contributed by atoms with Crippen molar-refractivity contribution in [3.05, 3.63) is 16.0 Å². The largest absolute Gasteiger partial charge is 0.452 e. The minimum absolute atomic E-state index is 0.127. The van der Waals surface area contributed by atoms with E-state index in [1.54, 1.807) is 0 Å². The van der Waals surface area contributed by atoms with Crippen LogP contribution in [0.1, 0.15) is 59.8 Å². The van der Waals surface area contributed by atoms with Crippen LogP contribution < -0.4 is 5.32 Å². The molecule has 0 radical (unpaired) electrons. The third kappa shape index (κ3) is 4.51. The molecule has 7 heteroatoms. The number of hydrogen-bond donors (Lipinski definition) is 1. The molecule has 0 unspecified atom stereocenters. The zero-order chi connectivity index (χ0) is 19.6. The van der Waals surface area contributed by atoms with Crippen LogP contribution in [-0.4, -0.2) is 42.4 Å². The van der Waals surface area contributed by atoms with Crippen molar-refractivity contribution < 1.29 is 19.1 Å². The van der Waals surface area contributed by atoms with Gasteiger partial charge >= 0.3 is 5.97 Å². The number of anilines is 1. The highest BCUT2D eigenvalue weighted by Gasteiger charge is 2.33. The van der Waals surface area contributed by atoms with E-state index in [9.17, 15) is 14.4 Å². The van der Waals surface area contributed by atoms with Crippen molar-refractivity contribution in [2.24, 2.45) is 11.8 Å². The average Bonchev–Trinajstić information content (AvgIpc) is 2.92. The van der Waals surface area contributed by atoms with E-state index in [2.05, 4.69) is 5.32 Å². The summed E-state index contributed by atoms with van der Waals surface area (Å²) < 4.78 is 5.32. The molecule has 0 bridgehead atoms. The maximum absolute atomic E-state index is 12.6. The zero-order valence-electron chi connectivity index (χ0n) is 16.3. The van der Waals surface area contributed by atoms with Crippen LogP contribution in [0.3, 0.4) is 0 Å². The molecule has 1 aromatic rings. The third-order valence-corrected chi connectivity index (χ3v) is 6.97. The lowest BCUT2D eigenvalue weighted by Crippen LogP contribution is -2.46. The summed E-state index contributed by atoms with van der Waals surface area (Å²) in [6.45, 7) is 6.41. The molecule has 0 spiro atoms. The van der Waals surface area contributed by atoms with Crippen LogP contribution in [0.4, 0.5) is 5.00 Å². The van der Waals surface area contributed by atoms with E-state index in [0.29, 0.717) is 16.5 Å². The van der Waals surface area contributed by atoms with Gasteiger partial charge in [-0.2, -0.15) is 0 Å². The van der Waals surface area contributed by atoms with Gasteiger partial charge in [0.15, 0.2) is 6.61 Å². The monoisotopic (exact) mass is 392 g/mol. The van der Waals surface area contributed by atoms with Gasteiger partial charge in [0.1, 0.15) is 5.00 Å². The van der Waals surface area contributed by atoms with Gasteiger partial charge in [-0.3, -0.25) is 9.59 Å². The van der Waals surface area contributed by atoms with Gasteiger partial charge in [0, 0.05) is 24.9 Å². The summed E-state index contributed by atoms with van der Waals surface area (Å²) >= 11 is 1.34. The van der Waals surface area contributed by atoms with Crippen molar-refractivity contribution in [3.63, 3.8) is 0 Å². The van der Waals surface area contributed by atoms with Crippen molar-refractivity contribution >= 4 is 34.1 Å². The molecule has 1 aromatic heterocycles. The van der Waals surface area contributed by atoms with E-state index in [1.165, 1.54) is 43.9 Å². The van der Waals surface area contributed by atoms with Gasteiger partial charge in [0.25, 0.3) is 5.91 Å². The lowest BCUT2D eigenvalue weighted by atomic mass is 9.75. The van der Waals surface area contributed by atoms with Crippen molar-refractivity contribution in [2.45, 2.75) is 52.9 Å². The fourth-order valence-corrected chi connectivity index (χ4v) is 5.33.